The topological polar surface area (TPSA) is 163 Å². The van der Waals surface area contributed by atoms with Crippen molar-refractivity contribution in [3.05, 3.63) is 24.3 Å². The number of carboxylic acids is 2. The summed E-state index contributed by atoms with van der Waals surface area (Å²) in [6.07, 6.45) is -0.425. The van der Waals surface area contributed by atoms with Gasteiger partial charge in [0.05, 0.1) is 13.0 Å². The lowest BCUT2D eigenvalue weighted by Gasteiger charge is -2.48. The first-order valence-electron chi connectivity index (χ1n) is 12.0. The molecule has 36 heavy (non-hydrogen) atoms. The fourth-order valence-electron chi connectivity index (χ4n) is 6.12. The van der Waals surface area contributed by atoms with Crippen LogP contribution in [0.4, 0.5) is 15.3 Å². The zero-order valence-electron chi connectivity index (χ0n) is 21.4. The number of urea groups is 1. The molecule has 5 atom stereocenters. The number of carbonyl (C=O) groups is 4. The lowest BCUT2D eigenvalue weighted by atomic mass is 9.62. The quantitative estimate of drug-likeness (QED) is 0.359. The van der Waals surface area contributed by atoms with Gasteiger partial charge in [-0.3, -0.25) is 4.79 Å². The van der Waals surface area contributed by atoms with E-state index in [9.17, 15) is 29.4 Å². The third-order valence-electron chi connectivity index (χ3n) is 7.56. The molecule has 11 nitrogen and oxygen atoms in total. The average Bonchev–Trinajstić information content (AvgIpc) is 3.48. The van der Waals surface area contributed by atoms with E-state index in [-0.39, 0.29) is 12.8 Å². The summed E-state index contributed by atoms with van der Waals surface area (Å²) >= 11 is 0. The molecule has 2 aliphatic carbocycles. The van der Waals surface area contributed by atoms with Gasteiger partial charge in [0, 0.05) is 23.1 Å². The van der Waals surface area contributed by atoms with E-state index in [1.165, 1.54) is 7.11 Å². The Balaban J connectivity index is 1.99. The molecule has 0 aliphatic heterocycles. The van der Waals surface area contributed by atoms with Gasteiger partial charge in [0.15, 0.2) is 5.54 Å². The van der Waals surface area contributed by atoms with Gasteiger partial charge in [-0.15, -0.1) is 0 Å². The average molecular weight is 506 g/mol. The van der Waals surface area contributed by atoms with E-state index in [0.717, 1.165) is 0 Å². The normalized spacial score (nSPS) is 27.8. The molecule has 0 bridgehead atoms. The smallest absolute Gasteiger partial charge is 0.408 e. The number of carboxylic acid groups (broad SMARTS) is 2. The van der Waals surface area contributed by atoms with E-state index in [0.29, 0.717) is 11.4 Å². The van der Waals surface area contributed by atoms with Crippen LogP contribution in [0.5, 0.6) is 5.75 Å². The van der Waals surface area contributed by atoms with Crippen LogP contribution in [0.1, 0.15) is 47.5 Å². The highest BCUT2D eigenvalue weighted by Gasteiger charge is 2.84. The van der Waals surface area contributed by atoms with Gasteiger partial charge in [-0.1, -0.05) is 13.8 Å². The van der Waals surface area contributed by atoms with Crippen LogP contribution in [-0.4, -0.2) is 58.6 Å². The lowest BCUT2D eigenvalue weighted by Crippen LogP contribution is -2.69. The number of ether oxygens (including phenoxy) is 2. The fourth-order valence-corrected chi connectivity index (χ4v) is 6.12. The lowest BCUT2D eigenvalue weighted by molar-refractivity contribution is -0.155. The summed E-state index contributed by atoms with van der Waals surface area (Å²) in [7, 11) is 1.52. The van der Waals surface area contributed by atoms with Gasteiger partial charge in [0.25, 0.3) is 0 Å². The molecule has 2 aliphatic rings. The van der Waals surface area contributed by atoms with Gasteiger partial charge in [0.2, 0.25) is 0 Å². The number of anilines is 1. The van der Waals surface area contributed by atoms with Crippen LogP contribution in [0.15, 0.2) is 24.3 Å². The highest BCUT2D eigenvalue weighted by atomic mass is 16.6. The Bertz CT molecular complexity index is 1030. The molecule has 2 saturated carbocycles. The van der Waals surface area contributed by atoms with Crippen LogP contribution in [0.2, 0.25) is 0 Å². The van der Waals surface area contributed by atoms with Crippen molar-refractivity contribution in [2.75, 3.05) is 12.4 Å². The summed E-state index contributed by atoms with van der Waals surface area (Å²) in [6, 6.07) is 5.19. The van der Waals surface area contributed by atoms with E-state index in [1.807, 2.05) is 0 Å². The van der Waals surface area contributed by atoms with Gasteiger partial charge in [-0.25, -0.2) is 14.4 Å². The molecule has 1 aromatic carbocycles. The molecule has 3 rings (SSSR count). The Morgan fingerprint density at radius 2 is 1.61 bits per heavy atom. The number of hydrogen-bond donors (Lipinski definition) is 5. The summed E-state index contributed by atoms with van der Waals surface area (Å²) in [5.41, 5.74) is -3.55. The fraction of sp³-hybridized carbons (Fsp3) is 0.600. The van der Waals surface area contributed by atoms with Crippen LogP contribution in [0.3, 0.4) is 0 Å². The minimum absolute atomic E-state index is 0.262. The van der Waals surface area contributed by atoms with Gasteiger partial charge in [0.1, 0.15) is 11.4 Å². The monoisotopic (exact) mass is 505 g/mol. The second-order valence-electron chi connectivity index (χ2n) is 10.4. The number of aliphatic carboxylic acids is 2. The van der Waals surface area contributed by atoms with E-state index in [1.54, 1.807) is 58.9 Å². The zero-order chi connectivity index (χ0) is 27.1. The highest BCUT2D eigenvalue weighted by molar-refractivity contribution is 5.93. The van der Waals surface area contributed by atoms with E-state index in [2.05, 4.69) is 16.0 Å². The highest BCUT2D eigenvalue weighted by Crippen LogP contribution is 2.71. The molecule has 5 N–H and O–H groups in total. The molecule has 0 saturated heterocycles. The van der Waals surface area contributed by atoms with Crippen LogP contribution in [0.25, 0.3) is 0 Å². The number of fused-ring (bicyclic) bond motifs is 1. The molecular formula is C25H35N3O8. The summed E-state index contributed by atoms with van der Waals surface area (Å²) in [5.74, 6) is -4.58. The molecule has 5 unspecified atom stereocenters. The first-order valence-corrected chi connectivity index (χ1v) is 12.0. The number of amides is 3. The largest absolute Gasteiger partial charge is 0.497 e. The second kappa shape index (κ2) is 9.51. The van der Waals surface area contributed by atoms with Crippen molar-refractivity contribution < 1.29 is 38.9 Å². The molecule has 198 valence electrons. The summed E-state index contributed by atoms with van der Waals surface area (Å²) in [6.45, 7) is 8.49. The maximum absolute atomic E-state index is 13.0. The summed E-state index contributed by atoms with van der Waals surface area (Å²) in [5, 5.41) is 28.5. The predicted molar refractivity (Wildman–Crippen MR) is 130 cm³/mol. The maximum atomic E-state index is 13.0. The van der Waals surface area contributed by atoms with Crippen LogP contribution in [0, 0.1) is 23.2 Å². The van der Waals surface area contributed by atoms with E-state index < -0.39 is 64.4 Å². The molecule has 1 aromatic rings. The number of nitrogens with one attached hydrogen (secondary N) is 3. The van der Waals surface area contributed by atoms with Crippen molar-refractivity contribution in [1.82, 2.24) is 10.6 Å². The van der Waals surface area contributed by atoms with E-state index >= 15 is 0 Å². The van der Waals surface area contributed by atoms with Crippen molar-refractivity contribution in [1.29, 1.82) is 0 Å². The third-order valence-corrected chi connectivity index (χ3v) is 7.56. The Kier molecular flexibility index (Phi) is 7.16. The minimum Gasteiger partial charge on any atom is -0.497 e. The number of methoxy groups -OCH3 is 1. The molecular weight excluding hydrogens is 470 g/mol. The Morgan fingerprint density at radius 1 is 1.03 bits per heavy atom. The van der Waals surface area contributed by atoms with Crippen molar-refractivity contribution >= 4 is 29.8 Å². The third kappa shape index (κ3) is 4.42. The molecule has 3 amide bonds. The van der Waals surface area contributed by atoms with Gasteiger partial charge < -0.3 is 35.6 Å². The minimum atomic E-state index is -1.95. The summed E-state index contributed by atoms with van der Waals surface area (Å²) < 4.78 is 10.5. The Hall–Kier alpha value is -3.50. The van der Waals surface area contributed by atoms with Gasteiger partial charge in [-0.05, 0) is 63.8 Å². The second-order valence-corrected chi connectivity index (χ2v) is 10.4. The number of hydrogen-bond acceptors (Lipinski definition) is 6. The molecule has 0 spiro atoms. The maximum Gasteiger partial charge on any atom is 0.408 e. The van der Waals surface area contributed by atoms with Gasteiger partial charge in [-0.2, -0.15) is 0 Å². The molecule has 0 aromatic heterocycles. The predicted octanol–water partition coefficient (Wildman–Crippen LogP) is 3.30. The van der Waals surface area contributed by atoms with E-state index in [4.69, 9.17) is 9.47 Å². The Labute approximate surface area is 209 Å². The number of benzene rings is 1. The van der Waals surface area contributed by atoms with Gasteiger partial charge >= 0.3 is 24.1 Å². The van der Waals surface area contributed by atoms with Crippen LogP contribution < -0.4 is 20.7 Å². The van der Waals surface area contributed by atoms with Crippen LogP contribution >= 0.6 is 0 Å². The molecule has 0 radical (unpaired) electrons. The first-order chi connectivity index (χ1) is 16.8. The van der Waals surface area contributed by atoms with Crippen molar-refractivity contribution in [3.8, 4) is 5.75 Å². The van der Waals surface area contributed by atoms with Crippen molar-refractivity contribution in [3.63, 3.8) is 0 Å². The van der Waals surface area contributed by atoms with Crippen LogP contribution in [-0.2, 0) is 14.3 Å². The Morgan fingerprint density at radius 3 is 2.06 bits per heavy atom. The molecule has 2 fully saturated rings. The summed E-state index contributed by atoms with van der Waals surface area (Å²) in [4.78, 5) is 50.9. The SMILES string of the molecule is CCC1(CC)C(NC(=O)Nc2ccc(OC)cc2)C2C(C(=O)O)C2C1(NC(=O)OC(C)(C)C)C(=O)O. The molecule has 0 heterocycles. The first kappa shape index (κ1) is 27.1. The van der Waals surface area contributed by atoms with Crippen molar-refractivity contribution in [2.45, 2.75) is 64.6 Å². The zero-order valence-corrected chi connectivity index (χ0v) is 21.4. The number of carbonyl (C=O) groups excluding carboxylic acids is 2. The molecule has 11 heteroatoms. The number of alkyl carbamates (subject to hydrolysis) is 1. The standard InChI is InChI=1S/C25H35N3O8/c1-7-24(8-2)18(27-21(33)26-13-9-11-14(35-6)12-10-13)15-16(19(29)30)17(15)25(24,20(31)32)28-22(34)36-23(3,4)5/h9-12,15-18H,7-8H2,1-6H3,(H,28,34)(H,29,30)(H,31,32)(H2,26,27,33). The number of rotatable bonds is 8. The van der Waals surface area contributed by atoms with Crippen molar-refractivity contribution in [2.24, 2.45) is 23.2 Å².